The van der Waals surface area contributed by atoms with Gasteiger partial charge in [-0.05, 0) is 19.4 Å². The fourth-order valence-electron chi connectivity index (χ4n) is 2.89. The number of fused-ring (bicyclic) bond motifs is 1. The van der Waals surface area contributed by atoms with Crippen molar-refractivity contribution in [3.8, 4) is 0 Å². The molecule has 1 aliphatic rings. The molecule has 0 aromatic carbocycles. The van der Waals surface area contributed by atoms with Crippen LogP contribution in [0.5, 0.6) is 0 Å². The van der Waals surface area contributed by atoms with Crippen molar-refractivity contribution in [2.24, 2.45) is 5.92 Å². The van der Waals surface area contributed by atoms with Crippen molar-refractivity contribution >= 4 is 11.3 Å². The minimum absolute atomic E-state index is 0.348. The SMILES string of the molecule is CN(Cc1cncs1)CC1CCc2nc(C(F)(F)F)cn2C1. The van der Waals surface area contributed by atoms with Crippen molar-refractivity contribution in [1.82, 2.24) is 19.4 Å². The van der Waals surface area contributed by atoms with E-state index in [0.29, 0.717) is 24.7 Å². The van der Waals surface area contributed by atoms with E-state index in [1.165, 1.54) is 4.88 Å². The van der Waals surface area contributed by atoms with Gasteiger partial charge in [-0.3, -0.25) is 4.98 Å². The molecule has 0 saturated carbocycles. The zero-order chi connectivity index (χ0) is 15.7. The minimum atomic E-state index is -4.36. The molecule has 1 unspecified atom stereocenters. The number of rotatable bonds is 4. The van der Waals surface area contributed by atoms with Crippen molar-refractivity contribution in [3.63, 3.8) is 0 Å². The van der Waals surface area contributed by atoms with Crippen molar-refractivity contribution in [1.29, 1.82) is 0 Å². The van der Waals surface area contributed by atoms with Gasteiger partial charge in [0.2, 0.25) is 0 Å². The minimum Gasteiger partial charge on any atom is -0.334 e. The summed E-state index contributed by atoms with van der Waals surface area (Å²) in [6.07, 6.45) is 0.121. The van der Waals surface area contributed by atoms with Crippen LogP contribution in [-0.4, -0.2) is 33.0 Å². The highest BCUT2D eigenvalue weighted by Gasteiger charge is 2.35. The summed E-state index contributed by atoms with van der Waals surface area (Å²) in [6, 6.07) is 0. The molecule has 2 aromatic heterocycles. The van der Waals surface area contributed by atoms with E-state index in [2.05, 4.69) is 14.9 Å². The number of thiazole rings is 1. The van der Waals surface area contributed by atoms with Crippen molar-refractivity contribution < 1.29 is 13.2 Å². The number of hydrogen-bond donors (Lipinski definition) is 0. The highest BCUT2D eigenvalue weighted by molar-refractivity contribution is 7.09. The fraction of sp³-hybridized carbons (Fsp3) is 0.571. The van der Waals surface area contributed by atoms with Gasteiger partial charge in [0.15, 0.2) is 5.69 Å². The molecule has 0 bridgehead atoms. The molecular formula is C14H17F3N4S. The molecule has 0 amide bonds. The molecule has 0 saturated heterocycles. The lowest BCUT2D eigenvalue weighted by Gasteiger charge is -2.27. The second-order valence-corrected chi connectivity index (χ2v) is 6.73. The van der Waals surface area contributed by atoms with E-state index >= 15 is 0 Å². The summed E-state index contributed by atoms with van der Waals surface area (Å²) in [4.78, 5) is 11.2. The fourth-order valence-corrected chi connectivity index (χ4v) is 3.57. The lowest BCUT2D eigenvalue weighted by molar-refractivity contribution is -0.141. The maximum atomic E-state index is 12.7. The average Bonchev–Trinajstić information content (AvgIpc) is 3.06. The molecule has 0 aliphatic carbocycles. The quantitative estimate of drug-likeness (QED) is 0.864. The van der Waals surface area contributed by atoms with Crippen LogP contribution in [-0.2, 0) is 25.7 Å². The summed E-state index contributed by atoms with van der Waals surface area (Å²) in [7, 11) is 2.03. The van der Waals surface area contributed by atoms with Gasteiger partial charge in [0, 0.05) is 43.3 Å². The molecule has 8 heteroatoms. The second-order valence-electron chi connectivity index (χ2n) is 5.76. The van der Waals surface area contributed by atoms with Crippen molar-refractivity contribution in [2.45, 2.75) is 32.1 Å². The third-order valence-electron chi connectivity index (χ3n) is 3.86. The normalized spacial score (nSPS) is 18.7. The molecule has 0 fully saturated rings. The average molecular weight is 330 g/mol. The highest BCUT2D eigenvalue weighted by atomic mass is 32.1. The van der Waals surface area contributed by atoms with Crippen molar-refractivity contribution in [3.05, 3.63) is 34.3 Å². The van der Waals surface area contributed by atoms with Crippen LogP contribution in [0.2, 0.25) is 0 Å². The zero-order valence-corrected chi connectivity index (χ0v) is 13.0. The third kappa shape index (κ3) is 3.49. The van der Waals surface area contributed by atoms with Gasteiger partial charge in [-0.1, -0.05) is 0 Å². The van der Waals surface area contributed by atoms with E-state index in [0.717, 1.165) is 25.7 Å². The van der Waals surface area contributed by atoms with E-state index in [9.17, 15) is 13.2 Å². The molecule has 0 radical (unpaired) electrons. The van der Waals surface area contributed by atoms with Gasteiger partial charge >= 0.3 is 6.18 Å². The van der Waals surface area contributed by atoms with Crippen LogP contribution in [0.25, 0.3) is 0 Å². The Labute approximate surface area is 130 Å². The van der Waals surface area contributed by atoms with E-state index in [1.54, 1.807) is 21.4 Å². The molecule has 1 aliphatic heterocycles. The van der Waals surface area contributed by atoms with Crippen LogP contribution < -0.4 is 0 Å². The van der Waals surface area contributed by atoms with E-state index in [1.807, 2.05) is 13.2 Å². The van der Waals surface area contributed by atoms with E-state index in [4.69, 9.17) is 0 Å². The Bertz CT molecular complexity index is 621. The Morgan fingerprint density at radius 3 is 2.95 bits per heavy atom. The predicted octanol–water partition coefficient (Wildman–Crippen LogP) is 3.05. The summed E-state index contributed by atoms with van der Waals surface area (Å²) in [5, 5.41) is 0. The van der Waals surface area contributed by atoms with Gasteiger partial charge < -0.3 is 9.47 Å². The van der Waals surface area contributed by atoms with Crippen LogP contribution >= 0.6 is 11.3 Å². The first-order chi connectivity index (χ1) is 10.4. The monoisotopic (exact) mass is 330 g/mol. The summed E-state index contributed by atoms with van der Waals surface area (Å²) in [5.74, 6) is 0.898. The number of alkyl halides is 3. The Kier molecular flexibility index (Phi) is 4.22. The molecule has 0 N–H and O–H groups in total. The Balaban J connectivity index is 1.60. The maximum Gasteiger partial charge on any atom is 0.434 e. The Hall–Kier alpha value is -1.41. The predicted molar refractivity (Wildman–Crippen MR) is 77.5 cm³/mol. The number of halogens is 3. The van der Waals surface area contributed by atoms with Gasteiger partial charge in [-0.2, -0.15) is 13.2 Å². The first-order valence-electron chi connectivity index (χ1n) is 7.11. The van der Waals surface area contributed by atoms with E-state index < -0.39 is 11.9 Å². The van der Waals surface area contributed by atoms with Gasteiger partial charge in [-0.25, -0.2) is 4.98 Å². The van der Waals surface area contributed by atoms with Gasteiger partial charge in [0.05, 0.1) is 5.51 Å². The first-order valence-corrected chi connectivity index (χ1v) is 7.99. The summed E-state index contributed by atoms with van der Waals surface area (Å²) in [5.41, 5.74) is 1.03. The molecule has 3 heterocycles. The lowest BCUT2D eigenvalue weighted by Crippen LogP contribution is -2.31. The van der Waals surface area contributed by atoms with Crippen LogP contribution in [0.4, 0.5) is 13.2 Å². The Morgan fingerprint density at radius 2 is 2.27 bits per heavy atom. The number of nitrogens with zero attached hydrogens (tertiary/aromatic N) is 4. The van der Waals surface area contributed by atoms with Gasteiger partial charge in [0.1, 0.15) is 5.82 Å². The number of hydrogen-bond acceptors (Lipinski definition) is 4. The number of imidazole rings is 1. The highest BCUT2D eigenvalue weighted by Crippen LogP contribution is 2.30. The Morgan fingerprint density at radius 1 is 1.45 bits per heavy atom. The summed E-state index contributed by atoms with van der Waals surface area (Å²) >= 11 is 1.61. The van der Waals surface area contributed by atoms with Crippen LogP contribution in [0, 0.1) is 5.92 Å². The standard InChI is InChI=1S/C14H17F3N4S/c1-20(7-11-4-18-9-22-11)5-10-2-3-13-19-12(14(15,16)17)8-21(13)6-10/h4,8-10H,2-3,5-7H2,1H3. The van der Waals surface area contributed by atoms with Crippen LogP contribution in [0.1, 0.15) is 22.8 Å². The second kappa shape index (κ2) is 6.00. The molecule has 22 heavy (non-hydrogen) atoms. The zero-order valence-electron chi connectivity index (χ0n) is 12.2. The third-order valence-corrected chi connectivity index (χ3v) is 4.62. The lowest BCUT2D eigenvalue weighted by atomic mass is 9.99. The molecule has 1 atom stereocenters. The largest absolute Gasteiger partial charge is 0.434 e. The number of aromatic nitrogens is 3. The maximum absolute atomic E-state index is 12.7. The summed E-state index contributed by atoms with van der Waals surface area (Å²) < 4.78 is 39.8. The molecular weight excluding hydrogens is 313 g/mol. The van der Waals surface area contributed by atoms with E-state index in [-0.39, 0.29) is 0 Å². The van der Waals surface area contributed by atoms with Gasteiger partial charge in [0.25, 0.3) is 0 Å². The topological polar surface area (TPSA) is 34.0 Å². The summed E-state index contributed by atoms with van der Waals surface area (Å²) in [6.45, 7) is 2.29. The van der Waals surface area contributed by atoms with Crippen LogP contribution in [0.15, 0.2) is 17.9 Å². The molecule has 2 aromatic rings. The molecule has 120 valence electrons. The first kappa shape index (κ1) is 15.5. The van der Waals surface area contributed by atoms with Crippen LogP contribution in [0.3, 0.4) is 0 Å². The molecule has 0 spiro atoms. The van der Waals surface area contributed by atoms with Crippen molar-refractivity contribution in [2.75, 3.05) is 13.6 Å². The smallest absolute Gasteiger partial charge is 0.334 e. The molecule has 4 nitrogen and oxygen atoms in total. The molecule has 3 rings (SSSR count). The van der Waals surface area contributed by atoms with Gasteiger partial charge in [-0.15, -0.1) is 11.3 Å². The number of aryl methyl sites for hydroxylation is 1.